The molecule has 0 unspecified atom stereocenters. The van der Waals surface area contributed by atoms with Gasteiger partial charge in [0.15, 0.2) is 0 Å². The lowest BCUT2D eigenvalue weighted by Gasteiger charge is -2.10. The van der Waals surface area contributed by atoms with Gasteiger partial charge in [0, 0.05) is 5.69 Å². The molecule has 0 saturated carbocycles. The molecular formula is C21H19NO2. The highest BCUT2D eigenvalue weighted by Crippen LogP contribution is 2.23. The topological polar surface area (TPSA) is 38.3 Å². The van der Waals surface area contributed by atoms with Gasteiger partial charge in [0.25, 0.3) is 0 Å². The number of benzene rings is 3. The van der Waals surface area contributed by atoms with E-state index in [1.54, 1.807) is 12.1 Å². The Kier molecular flexibility index (Phi) is 4.62. The first kappa shape index (κ1) is 15.8. The van der Waals surface area contributed by atoms with Crippen LogP contribution in [-0.4, -0.2) is 6.09 Å². The monoisotopic (exact) mass is 317 g/mol. The fourth-order valence-corrected chi connectivity index (χ4v) is 2.46. The third kappa shape index (κ3) is 3.82. The molecule has 0 bridgehead atoms. The molecule has 3 aromatic carbocycles. The van der Waals surface area contributed by atoms with Crippen LogP contribution in [0.3, 0.4) is 0 Å². The van der Waals surface area contributed by atoms with Crippen molar-refractivity contribution in [2.75, 3.05) is 5.32 Å². The highest BCUT2D eigenvalue weighted by atomic mass is 16.6. The molecule has 0 aliphatic heterocycles. The molecule has 3 rings (SSSR count). The maximum Gasteiger partial charge on any atom is 0.417 e. The normalized spacial score (nSPS) is 10.2. The van der Waals surface area contributed by atoms with E-state index < -0.39 is 6.09 Å². The Hall–Kier alpha value is -3.07. The summed E-state index contributed by atoms with van der Waals surface area (Å²) in [7, 11) is 0. The molecular weight excluding hydrogens is 298 g/mol. The summed E-state index contributed by atoms with van der Waals surface area (Å²) >= 11 is 0. The van der Waals surface area contributed by atoms with Gasteiger partial charge in [0.2, 0.25) is 0 Å². The summed E-state index contributed by atoms with van der Waals surface area (Å²) < 4.78 is 5.35. The van der Waals surface area contributed by atoms with Crippen molar-refractivity contribution >= 4 is 11.8 Å². The Balaban J connectivity index is 1.67. The second-order valence-corrected chi connectivity index (χ2v) is 5.72. The van der Waals surface area contributed by atoms with Crippen LogP contribution < -0.4 is 10.1 Å². The first-order valence-electron chi connectivity index (χ1n) is 7.83. The van der Waals surface area contributed by atoms with Gasteiger partial charge in [0.1, 0.15) is 5.75 Å². The Morgan fingerprint density at radius 2 is 1.50 bits per heavy atom. The fourth-order valence-electron chi connectivity index (χ4n) is 2.46. The first-order valence-corrected chi connectivity index (χ1v) is 7.83. The molecule has 1 amide bonds. The van der Waals surface area contributed by atoms with Crippen molar-refractivity contribution in [2.45, 2.75) is 13.8 Å². The maximum atomic E-state index is 12.1. The van der Waals surface area contributed by atoms with Crippen LogP contribution in [0, 0.1) is 13.8 Å². The molecule has 0 radical (unpaired) electrons. The van der Waals surface area contributed by atoms with Crippen LogP contribution in [0.15, 0.2) is 72.8 Å². The molecule has 3 aromatic rings. The summed E-state index contributed by atoms with van der Waals surface area (Å²) in [5.74, 6) is 0.512. The van der Waals surface area contributed by atoms with Crippen LogP contribution in [0.2, 0.25) is 0 Å². The van der Waals surface area contributed by atoms with Crippen molar-refractivity contribution in [1.82, 2.24) is 0 Å². The standard InChI is InChI=1S/C21H19NO2/c1-15-8-9-16(2)20(14-15)22-21(23)24-19-12-10-18(11-13-19)17-6-4-3-5-7-17/h3-14H,1-2H3,(H,22,23). The highest BCUT2D eigenvalue weighted by molar-refractivity contribution is 5.87. The maximum absolute atomic E-state index is 12.1. The van der Waals surface area contributed by atoms with E-state index in [0.717, 1.165) is 27.9 Å². The van der Waals surface area contributed by atoms with Crippen molar-refractivity contribution in [3.63, 3.8) is 0 Å². The molecule has 0 fully saturated rings. The quantitative estimate of drug-likeness (QED) is 0.684. The minimum absolute atomic E-state index is 0.490. The zero-order valence-corrected chi connectivity index (χ0v) is 13.7. The number of anilines is 1. The molecule has 120 valence electrons. The number of hydrogen-bond acceptors (Lipinski definition) is 2. The van der Waals surface area contributed by atoms with Gasteiger partial charge in [-0.1, -0.05) is 54.6 Å². The predicted molar refractivity (Wildman–Crippen MR) is 97.4 cm³/mol. The smallest absolute Gasteiger partial charge is 0.410 e. The van der Waals surface area contributed by atoms with Gasteiger partial charge in [-0.15, -0.1) is 0 Å². The number of amides is 1. The number of ether oxygens (including phenoxy) is 1. The van der Waals surface area contributed by atoms with Crippen LogP contribution in [-0.2, 0) is 0 Å². The Bertz CT molecular complexity index is 839. The summed E-state index contributed by atoms with van der Waals surface area (Å²) in [5.41, 5.74) is 5.06. The highest BCUT2D eigenvalue weighted by Gasteiger charge is 2.07. The molecule has 0 heterocycles. The molecule has 0 aliphatic carbocycles. The van der Waals surface area contributed by atoms with Crippen molar-refractivity contribution in [3.05, 3.63) is 83.9 Å². The molecule has 0 saturated heterocycles. The molecule has 1 N–H and O–H groups in total. The fraction of sp³-hybridized carbons (Fsp3) is 0.0952. The lowest BCUT2D eigenvalue weighted by molar-refractivity contribution is 0.215. The number of nitrogens with one attached hydrogen (secondary N) is 1. The van der Waals surface area contributed by atoms with E-state index in [9.17, 15) is 4.79 Å². The largest absolute Gasteiger partial charge is 0.417 e. The van der Waals surface area contributed by atoms with E-state index >= 15 is 0 Å². The Morgan fingerprint density at radius 3 is 2.21 bits per heavy atom. The van der Waals surface area contributed by atoms with Gasteiger partial charge < -0.3 is 4.74 Å². The Labute approximate surface area is 141 Å². The van der Waals surface area contributed by atoms with Gasteiger partial charge in [-0.3, -0.25) is 5.32 Å². The zero-order valence-electron chi connectivity index (χ0n) is 13.7. The SMILES string of the molecule is Cc1ccc(C)c(NC(=O)Oc2ccc(-c3ccccc3)cc2)c1. The average molecular weight is 317 g/mol. The van der Waals surface area contributed by atoms with E-state index in [1.807, 2.05) is 74.5 Å². The van der Waals surface area contributed by atoms with Gasteiger partial charge in [-0.05, 0) is 54.3 Å². The molecule has 3 nitrogen and oxygen atoms in total. The number of carbonyl (C=O) groups excluding carboxylic acids is 1. The average Bonchev–Trinajstić information content (AvgIpc) is 2.59. The predicted octanol–water partition coefficient (Wildman–Crippen LogP) is 5.58. The van der Waals surface area contributed by atoms with E-state index in [4.69, 9.17) is 4.74 Å². The second kappa shape index (κ2) is 7.01. The third-order valence-electron chi connectivity index (χ3n) is 3.80. The molecule has 3 heteroatoms. The summed E-state index contributed by atoms with van der Waals surface area (Å²) in [6, 6.07) is 23.4. The number of hydrogen-bond donors (Lipinski definition) is 1. The van der Waals surface area contributed by atoms with Gasteiger partial charge in [0.05, 0.1) is 0 Å². The lowest BCUT2D eigenvalue weighted by Crippen LogP contribution is -2.17. The third-order valence-corrected chi connectivity index (χ3v) is 3.80. The van der Waals surface area contributed by atoms with Crippen LogP contribution in [0.25, 0.3) is 11.1 Å². The number of carbonyl (C=O) groups is 1. The van der Waals surface area contributed by atoms with Crippen LogP contribution in [0.5, 0.6) is 5.75 Å². The van der Waals surface area contributed by atoms with Crippen molar-refractivity contribution < 1.29 is 9.53 Å². The van der Waals surface area contributed by atoms with Gasteiger partial charge in [-0.2, -0.15) is 0 Å². The first-order chi connectivity index (χ1) is 11.6. The minimum Gasteiger partial charge on any atom is -0.410 e. The van der Waals surface area contributed by atoms with Gasteiger partial charge in [-0.25, -0.2) is 4.79 Å². The van der Waals surface area contributed by atoms with Crippen molar-refractivity contribution in [3.8, 4) is 16.9 Å². The van der Waals surface area contributed by atoms with Crippen LogP contribution >= 0.6 is 0 Å². The summed E-state index contributed by atoms with van der Waals surface area (Å²) in [6.07, 6.45) is -0.490. The molecule has 0 aliphatic rings. The molecule has 0 atom stereocenters. The second-order valence-electron chi connectivity index (χ2n) is 5.72. The molecule has 0 aromatic heterocycles. The minimum atomic E-state index is -0.490. The van der Waals surface area contributed by atoms with E-state index in [1.165, 1.54) is 0 Å². The zero-order chi connectivity index (χ0) is 16.9. The summed E-state index contributed by atoms with van der Waals surface area (Å²) in [6.45, 7) is 3.93. The number of rotatable bonds is 3. The van der Waals surface area contributed by atoms with Crippen LogP contribution in [0.4, 0.5) is 10.5 Å². The summed E-state index contributed by atoms with van der Waals surface area (Å²) in [5, 5.41) is 2.78. The number of aryl methyl sites for hydroxylation is 2. The van der Waals surface area contributed by atoms with Crippen LogP contribution in [0.1, 0.15) is 11.1 Å². The lowest BCUT2D eigenvalue weighted by atomic mass is 10.1. The van der Waals surface area contributed by atoms with Crippen molar-refractivity contribution in [1.29, 1.82) is 0 Å². The molecule has 24 heavy (non-hydrogen) atoms. The van der Waals surface area contributed by atoms with E-state index in [0.29, 0.717) is 5.75 Å². The van der Waals surface area contributed by atoms with E-state index in [-0.39, 0.29) is 0 Å². The van der Waals surface area contributed by atoms with Gasteiger partial charge >= 0.3 is 6.09 Å². The van der Waals surface area contributed by atoms with Crippen molar-refractivity contribution in [2.24, 2.45) is 0 Å². The summed E-state index contributed by atoms with van der Waals surface area (Å²) in [4.78, 5) is 12.1. The molecule has 0 spiro atoms. The van der Waals surface area contributed by atoms with E-state index in [2.05, 4.69) is 5.32 Å². The Morgan fingerprint density at radius 1 is 0.833 bits per heavy atom.